The fourth-order valence-corrected chi connectivity index (χ4v) is 6.14. The quantitative estimate of drug-likeness (QED) is 0.207. The van der Waals surface area contributed by atoms with Crippen LogP contribution in [0.15, 0.2) is 152 Å². The summed E-state index contributed by atoms with van der Waals surface area (Å²) in [5, 5.41) is 0. The maximum absolute atomic E-state index is 5.12. The summed E-state index contributed by atoms with van der Waals surface area (Å²) in [6.07, 6.45) is 4.09. The van der Waals surface area contributed by atoms with Gasteiger partial charge in [0, 0.05) is 44.8 Å². The van der Waals surface area contributed by atoms with Crippen LogP contribution in [-0.2, 0) is 25.7 Å². The molecule has 0 heterocycles. The number of nitrogens with zero attached hydrogens (tertiary/aromatic N) is 2. The Kier molecular flexibility index (Phi) is 8.57. The van der Waals surface area contributed by atoms with Crippen molar-refractivity contribution in [1.82, 2.24) is 0 Å². The molecule has 0 amide bonds. The molecule has 5 aromatic carbocycles. The summed E-state index contributed by atoms with van der Waals surface area (Å²) >= 11 is 2.99. The van der Waals surface area contributed by atoms with Gasteiger partial charge in [0.1, 0.15) is 11.4 Å². The minimum Gasteiger partial charge on any atom is -0.209 e. The van der Waals surface area contributed by atoms with Crippen LogP contribution in [0.2, 0.25) is 0 Å². The Morgan fingerprint density at radius 2 is 0.775 bits per heavy atom. The third kappa shape index (κ3) is 6.82. The van der Waals surface area contributed by atoms with Crippen molar-refractivity contribution < 1.29 is 0 Å². The van der Waals surface area contributed by atoms with E-state index < -0.39 is 0 Å². The lowest BCUT2D eigenvalue weighted by atomic mass is 9.97. The molecule has 0 unspecified atom stereocenters. The van der Waals surface area contributed by atoms with E-state index in [2.05, 4.69) is 97.1 Å². The smallest absolute Gasteiger partial charge is 0.106 e. The molecule has 4 heteroatoms. The van der Waals surface area contributed by atoms with Crippen molar-refractivity contribution in [2.45, 2.75) is 35.5 Å². The van der Waals surface area contributed by atoms with Crippen LogP contribution in [0.3, 0.4) is 0 Å². The van der Waals surface area contributed by atoms with Crippen LogP contribution in [0.25, 0.3) is 0 Å². The Labute approximate surface area is 245 Å². The van der Waals surface area contributed by atoms with Crippen LogP contribution < -0.4 is 0 Å². The van der Waals surface area contributed by atoms with E-state index in [-0.39, 0.29) is 0 Å². The summed E-state index contributed by atoms with van der Waals surface area (Å²) in [7, 11) is 0. The molecule has 0 fully saturated rings. The lowest BCUT2D eigenvalue weighted by Crippen LogP contribution is -2.17. The lowest BCUT2D eigenvalue weighted by Gasteiger charge is -2.13. The van der Waals surface area contributed by atoms with E-state index in [9.17, 15) is 0 Å². The highest BCUT2D eigenvalue weighted by atomic mass is 32.2. The second-order valence-corrected chi connectivity index (χ2v) is 11.6. The number of benzene rings is 5. The largest absolute Gasteiger partial charge is 0.209 e. The molecular weight excluding hydrogens is 525 g/mol. The van der Waals surface area contributed by atoms with Gasteiger partial charge in [-0.05, 0) is 72.2 Å². The molecule has 0 saturated carbocycles. The SMILES string of the molecule is c1ccc(S/N=C2/C(=N/Sc3ccccc3)c3ccc(cc3)CCc3cccc(c3)CCc3ccc2cc3)cc1. The Hall–Kier alpha value is -3.86. The Balaban J connectivity index is 1.45. The van der Waals surface area contributed by atoms with Gasteiger partial charge in [-0.2, -0.15) is 0 Å². The third-order valence-electron chi connectivity index (χ3n) is 7.05. The summed E-state index contributed by atoms with van der Waals surface area (Å²) in [5.41, 5.74) is 9.35. The second kappa shape index (κ2) is 13.0. The zero-order valence-corrected chi connectivity index (χ0v) is 23.9. The van der Waals surface area contributed by atoms with Gasteiger partial charge in [-0.25, -0.2) is 8.80 Å². The monoisotopic (exact) mass is 554 g/mol. The highest BCUT2D eigenvalue weighted by Gasteiger charge is 2.17. The van der Waals surface area contributed by atoms with Gasteiger partial charge in [0.2, 0.25) is 0 Å². The van der Waals surface area contributed by atoms with Crippen LogP contribution in [0.4, 0.5) is 0 Å². The molecule has 0 aromatic heterocycles. The second-order valence-electron chi connectivity index (χ2n) is 9.90. The summed E-state index contributed by atoms with van der Waals surface area (Å²) in [6, 6.07) is 47.5. The molecule has 40 heavy (non-hydrogen) atoms. The molecular formula is C36H30N2S2. The van der Waals surface area contributed by atoms with Gasteiger partial charge >= 0.3 is 0 Å². The van der Waals surface area contributed by atoms with Crippen molar-refractivity contribution >= 4 is 35.3 Å². The van der Waals surface area contributed by atoms with E-state index in [0.717, 1.165) is 58.0 Å². The van der Waals surface area contributed by atoms with Crippen molar-refractivity contribution in [1.29, 1.82) is 0 Å². The molecule has 8 rings (SSSR count). The van der Waals surface area contributed by atoms with Gasteiger partial charge in [0.25, 0.3) is 0 Å². The number of rotatable bonds is 4. The number of hydrogen-bond acceptors (Lipinski definition) is 4. The molecule has 5 aromatic rings. The molecule has 0 radical (unpaired) electrons. The predicted molar refractivity (Wildman–Crippen MR) is 172 cm³/mol. The van der Waals surface area contributed by atoms with Gasteiger partial charge in [-0.15, -0.1) is 0 Å². The topological polar surface area (TPSA) is 24.7 Å². The fraction of sp³-hybridized carbons (Fsp3) is 0.111. The van der Waals surface area contributed by atoms with Crippen molar-refractivity contribution in [3.8, 4) is 0 Å². The first-order chi connectivity index (χ1) is 19.8. The van der Waals surface area contributed by atoms with Crippen LogP contribution in [-0.4, -0.2) is 11.4 Å². The van der Waals surface area contributed by atoms with E-state index in [1.54, 1.807) is 0 Å². The molecule has 0 N–H and O–H groups in total. The van der Waals surface area contributed by atoms with Gasteiger partial charge in [-0.3, -0.25) is 0 Å². The lowest BCUT2D eigenvalue weighted by molar-refractivity contribution is 0.930. The normalized spacial score (nSPS) is 15.4. The highest BCUT2D eigenvalue weighted by Crippen LogP contribution is 2.26. The molecule has 196 valence electrons. The number of aryl methyl sites for hydroxylation is 4. The van der Waals surface area contributed by atoms with E-state index in [4.69, 9.17) is 8.80 Å². The van der Waals surface area contributed by atoms with Gasteiger partial charge in [0.05, 0.1) is 0 Å². The van der Waals surface area contributed by atoms with Crippen LogP contribution in [0.1, 0.15) is 33.4 Å². The molecule has 0 saturated heterocycles. The van der Waals surface area contributed by atoms with Gasteiger partial charge < -0.3 is 0 Å². The van der Waals surface area contributed by atoms with E-state index in [1.807, 2.05) is 36.4 Å². The zero-order chi connectivity index (χ0) is 27.0. The molecule has 0 spiro atoms. The molecule has 3 aliphatic rings. The first-order valence-corrected chi connectivity index (χ1v) is 15.2. The average Bonchev–Trinajstić information content (AvgIpc) is 3.02. The van der Waals surface area contributed by atoms with Crippen LogP contribution in [0.5, 0.6) is 0 Å². The predicted octanol–water partition coefficient (Wildman–Crippen LogP) is 9.26. The zero-order valence-electron chi connectivity index (χ0n) is 22.2. The van der Waals surface area contributed by atoms with Crippen molar-refractivity contribution in [3.05, 3.63) is 167 Å². The summed E-state index contributed by atoms with van der Waals surface area (Å²) in [6.45, 7) is 0. The Morgan fingerprint density at radius 1 is 0.375 bits per heavy atom. The molecule has 3 aliphatic carbocycles. The first-order valence-electron chi connectivity index (χ1n) is 13.7. The van der Waals surface area contributed by atoms with Crippen molar-refractivity contribution in [3.63, 3.8) is 0 Å². The van der Waals surface area contributed by atoms with Gasteiger partial charge in [0.15, 0.2) is 0 Å². The van der Waals surface area contributed by atoms with Gasteiger partial charge in [-0.1, -0.05) is 109 Å². The molecule has 0 atom stereocenters. The molecule has 0 aliphatic heterocycles. The summed E-state index contributed by atoms with van der Waals surface area (Å²) in [5.74, 6) is 0. The standard InChI is InChI=1S/C36H30N2S2/c1-3-10-33(11-4-1)39-37-35-31-22-18-27(19-23-31)14-16-29-8-7-9-30(26-29)17-15-28-20-24-32(25-21-28)36(35)38-40-34-12-5-2-6-13-34/h1-13,18-26H,14-17H2/b37-35+,38-36+. The number of hydrogen-bond donors (Lipinski definition) is 0. The summed E-state index contributed by atoms with van der Waals surface area (Å²) < 4.78 is 10.2. The van der Waals surface area contributed by atoms with E-state index in [0.29, 0.717) is 0 Å². The molecule has 6 bridgehead atoms. The maximum atomic E-state index is 5.12. The highest BCUT2D eigenvalue weighted by molar-refractivity contribution is 7.98. The Morgan fingerprint density at radius 3 is 1.20 bits per heavy atom. The molecule has 2 nitrogen and oxygen atoms in total. The Bertz CT molecular complexity index is 1490. The minimum absolute atomic E-state index is 0.882. The van der Waals surface area contributed by atoms with Crippen LogP contribution >= 0.6 is 23.9 Å². The van der Waals surface area contributed by atoms with E-state index >= 15 is 0 Å². The third-order valence-corrected chi connectivity index (χ3v) is 8.56. The van der Waals surface area contributed by atoms with Crippen LogP contribution in [0, 0.1) is 0 Å². The fourth-order valence-electron chi connectivity index (χ4n) is 4.80. The van der Waals surface area contributed by atoms with E-state index in [1.165, 1.54) is 46.1 Å². The summed E-state index contributed by atoms with van der Waals surface area (Å²) in [4.78, 5) is 2.20. The minimum atomic E-state index is 0.882. The average molecular weight is 555 g/mol. The van der Waals surface area contributed by atoms with Crippen molar-refractivity contribution in [2.24, 2.45) is 8.80 Å². The first kappa shape index (κ1) is 26.4. The number of fused-ring (bicyclic) bond motifs is 2. The van der Waals surface area contributed by atoms with Crippen molar-refractivity contribution in [2.75, 3.05) is 0 Å². The maximum Gasteiger partial charge on any atom is 0.106 e.